The van der Waals surface area contributed by atoms with Crippen molar-refractivity contribution in [3.63, 3.8) is 0 Å². The van der Waals surface area contributed by atoms with Crippen LogP contribution in [0.5, 0.6) is 0 Å². The lowest BCUT2D eigenvalue weighted by Crippen LogP contribution is -2.39. The van der Waals surface area contributed by atoms with Crippen molar-refractivity contribution < 1.29 is 14.3 Å². The van der Waals surface area contributed by atoms with Gasteiger partial charge in [0.05, 0.1) is 0 Å². The van der Waals surface area contributed by atoms with Crippen LogP contribution >= 0.6 is 0 Å². The standard InChI is InChI=1S/C25H26N2O3/c1-16-21(24(29)30-15-17-8-5-4-6-9-17)22(18-10-7-11-26-14-18)23-19(27-16)12-25(2,3)13-20(23)28/h4-11,14,21-22H,12-13,15H2,1-3H3/t21?,22-/m1/s1. The Kier molecular flexibility index (Phi) is 5.37. The highest BCUT2D eigenvalue weighted by molar-refractivity contribution is 6.09. The van der Waals surface area contributed by atoms with Gasteiger partial charge in [0.25, 0.3) is 0 Å². The topological polar surface area (TPSA) is 68.6 Å². The van der Waals surface area contributed by atoms with E-state index in [2.05, 4.69) is 18.8 Å². The molecular weight excluding hydrogens is 376 g/mol. The van der Waals surface area contributed by atoms with E-state index in [9.17, 15) is 9.59 Å². The van der Waals surface area contributed by atoms with E-state index >= 15 is 0 Å². The Morgan fingerprint density at radius 2 is 1.90 bits per heavy atom. The van der Waals surface area contributed by atoms with E-state index in [4.69, 9.17) is 9.73 Å². The molecule has 0 saturated heterocycles. The second-order valence-corrected chi connectivity index (χ2v) is 8.89. The molecule has 0 N–H and O–H groups in total. The average Bonchev–Trinajstić information content (AvgIpc) is 2.71. The van der Waals surface area contributed by atoms with Crippen LogP contribution in [-0.2, 0) is 20.9 Å². The summed E-state index contributed by atoms with van der Waals surface area (Å²) in [6.07, 6.45) is 4.59. The normalized spacial score (nSPS) is 22.9. The molecule has 1 aromatic heterocycles. The summed E-state index contributed by atoms with van der Waals surface area (Å²) in [5.41, 5.74) is 3.76. The largest absolute Gasteiger partial charge is 0.460 e. The van der Waals surface area contributed by atoms with Gasteiger partial charge in [-0.1, -0.05) is 50.2 Å². The first-order valence-corrected chi connectivity index (χ1v) is 10.3. The minimum atomic E-state index is -0.637. The lowest BCUT2D eigenvalue weighted by atomic mass is 9.67. The summed E-state index contributed by atoms with van der Waals surface area (Å²) in [6, 6.07) is 13.3. The van der Waals surface area contributed by atoms with Gasteiger partial charge in [-0.15, -0.1) is 0 Å². The van der Waals surface area contributed by atoms with Gasteiger partial charge >= 0.3 is 5.97 Å². The van der Waals surface area contributed by atoms with Crippen LogP contribution in [0, 0.1) is 11.3 Å². The minimum absolute atomic E-state index is 0.0622. The summed E-state index contributed by atoms with van der Waals surface area (Å²) < 4.78 is 5.67. The molecule has 4 rings (SSSR count). The van der Waals surface area contributed by atoms with Crippen molar-refractivity contribution in [1.29, 1.82) is 0 Å². The number of nitrogens with zero attached hydrogens (tertiary/aromatic N) is 2. The average molecular weight is 402 g/mol. The third kappa shape index (κ3) is 3.97. The van der Waals surface area contributed by atoms with E-state index in [0.29, 0.717) is 24.1 Å². The van der Waals surface area contributed by atoms with Crippen LogP contribution in [0.1, 0.15) is 50.7 Å². The van der Waals surface area contributed by atoms with Crippen LogP contribution < -0.4 is 0 Å². The first kappa shape index (κ1) is 20.2. The Bertz CT molecular complexity index is 1020. The number of pyridine rings is 1. The third-order valence-electron chi connectivity index (χ3n) is 5.82. The molecule has 1 aliphatic heterocycles. The number of hydrogen-bond acceptors (Lipinski definition) is 5. The van der Waals surface area contributed by atoms with Crippen LogP contribution in [-0.4, -0.2) is 22.4 Å². The Hall–Kier alpha value is -3.08. The molecule has 154 valence electrons. The van der Waals surface area contributed by atoms with E-state index in [1.165, 1.54) is 0 Å². The van der Waals surface area contributed by atoms with Gasteiger partial charge in [0.1, 0.15) is 12.5 Å². The Morgan fingerprint density at radius 3 is 2.60 bits per heavy atom. The zero-order chi connectivity index (χ0) is 21.3. The Morgan fingerprint density at radius 1 is 1.13 bits per heavy atom. The predicted molar refractivity (Wildman–Crippen MR) is 115 cm³/mol. The first-order chi connectivity index (χ1) is 14.4. The van der Waals surface area contributed by atoms with Crippen molar-refractivity contribution in [3.8, 4) is 0 Å². The summed E-state index contributed by atoms with van der Waals surface area (Å²) in [7, 11) is 0. The molecular formula is C25H26N2O3. The van der Waals surface area contributed by atoms with Crippen LogP contribution in [0.3, 0.4) is 0 Å². The van der Waals surface area contributed by atoms with Crippen LogP contribution in [0.2, 0.25) is 0 Å². The van der Waals surface area contributed by atoms with Gasteiger partial charge in [-0.2, -0.15) is 0 Å². The Balaban J connectivity index is 1.71. The van der Waals surface area contributed by atoms with E-state index < -0.39 is 11.8 Å². The van der Waals surface area contributed by atoms with Crippen molar-refractivity contribution in [3.05, 3.63) is 77.3 Å². The fourth-order valence-electron chi connectivity index (χ4n) is 4.49. The molecule has 2 aromatic rings. The maximum absolute atomic E-state index is 13.2. The molecule has 30 heavy (non-hydrogen) atoms. The number of carbonyl (C=O) groups is 2. The summed E-state index contributed by atoms with van der Waals surface area (Å²) in [5, 5.41) is 0. The number of aromatic nitrogens is 1. The fraction of sp³-hybridized carbons (Fsp3) is 0.360. The molecule has 0 amide bonds. The van der Waals surface area contributed by atoms with Gasteiger partial charge in [0.2, 0.25) is 0 Å². The molecule has 0 bridgehead atoms. The number of allylic oxidation sites excluding steroid dienone is 2. The highest BCUT2D eigenvalue weighted by Gasteiger charge is 2.46. The van der Waals surface area contributed by atoms with Crippen molar-refractivity contribution in [2.75, 3.05) is 0 Å². The van der Waals surface area contributed by atoms with Crippen LogP contribution in [0.15, 0.2) is 71.1 Å². The van der Waals surface area contributed by atoms with E-state index in [1.807, 2.05) is 49.4 Å². The second-order valence-electron chi connectivity index (χ2n) is 8.89. The number of benzene rings is 1. The molecule has 5 heteroatoms. The lowest BCUT2D eigenvalue weighted by Gasteiger charge is -2.38. The quantitative estimate of drug-likeness (QED) is 0.699. The molecule has 0 spiro atoms. The van der Waals surface area contributed by atoms with E-state index in [1.54, 1.807) is 12.4 Å². The number of Topliss-reactive ketones (excluding diaryl/α,β-unsaturated/α-hetero) is 1. The van der Waals surface area contributed by atoms with Gasteiger partial charge in [-0.3, -0.25) is 19.6 Å². The SMILES string of the molecule is CC1=NC2=C(C(=O)CC(C)(C)C2)[C@H](c2cccnc2)C1C(=O)OCc1ccccc1. The fourth-order valence-corrected chi connectivity index (χ4v) is 4.49. The highest BCUT2D eigenvalue weighted by Crippen LogP contribution is 2.47. The predicted octanol–water partition coefficient (Wildman–Crippen LogP) is 4.64. The smallest absolute Gasteiger partial charge is 0.315 e. The molecule has 2 atom stereocenters. The molecule has 1 aliphatic carbocycles. The zero-order valence-electron chi connectivity index (χ0n) is 17.6. The summed E-state index contributed by atoms with van der Waals surface area (Å²) >= 11 is 0. The van der Waals surface area contributed by atoms with Crippen LogP contribution in [0.25, 0.3) is 0 Å². The van der Waals surface area contributed by atoms with Gasteiger partial charge in [-0.25, -0.2) is 0 Å². The number of carbonyl (C=O) groups excluding carboxylic acids is 2. The number of rotatable bonds is 4. The maximum Gasteiger partial charge on any atom is 0.315 e. The third-order valence-corrected chi connectivity index (χ3v) is 5.82. The van der Waals surface area contributed by atoms with Crippen LogP contribution in [0.4, 0.5) is 0 Å². The molecule has 5 nitrogen and oxygen atoms in total. The maximum atomic E-state index is 13.2. The molecule has 1 aromatic carbocycles. The number of ketones is 1. The van der Waals surface area contributed by atoms with Crippen molar-refractivity contribution >= 4 is 17.5 Å². The van der Waals surface area contributed by atoms with Gasteiger partial charge in [0, 0.05) is 41.7 Å². The molecule has 2 heterocycles. The molecule has 0 saturated carbocycles. The van der Waals surface area contributed by atoms with Crippen molar-refractivity contribution in [1.82, 2.24) is 4.98 Å². The summed E-state index contributed by atoms with van der Waals surface area (Å²) in [4.78, 5) is 35.4. The van der Waals surface area contributed by atoms with Crippen molar-refractivity contribution in [2.45, 2.75) is 46.1 Å². The number of ether oxygens (including phenoxy) is 1. The Labute approximate surface area is 176 Å². The highest BCUT2D eigenvalue weighted by atomic mass is 16.5. The number of esters is 1. The van der Waals surface area contributed by atoms with Gasteiger partial charge in [-0.05, 0) is 36.0 Å². The first-order valence-electron chi connectivity index (χ1n) is 10.3. The second kappa shape index (κ2) is 7.98. The molecule has 0 fully saturated rings. The molecule has 1 unspecified atom stereocenters. The number of hydrogen-bond donors (Lipinski definition) is 0. The molecule has 0 radical (unpaired) electrons. The lowest BCUT2D eigenvalue weighted by molar-refractivity contribution is -0.148. The zero-order valence-corrected chi connectivity index (χ0v) is 17.6. The van der Waals surface area contributed by atoms with Gasteiger partial charge in [0.15, 0.2) is 5.78 Å². The van der Waals surface area contributed by atoms with Gasteiger partial charge < -0.3 is 4.74 Å². The van der Waals surface area contributed by atoms with Crippen molar-refractivity contribution in [2.24, 2.45) is 16.3 Å². The monoisotopic (exact) mass is 402 g/mol. The minimum Gasteiger partial charge on any atom is -0.460 e. The van der Waals surface area contributed by atoms with E-state index in [0.717, 1.165) is 16.8 Å². The summed E-state index contributed by atoms with van der Waals surface area (Å²) in [5.74, 6) is -1.36. The summed E-state index contributed by atoms with van der Waals surface area (Å²) in [6.45, 7) is 6.21. The molecule has 2 aliphatic rings. The number of aliphatic imine (C=N–C) groups is 1. The van der Waals surface area contributed by atoms with E-state index in [-0.39, 0.29) is 23.8 Å².